The topological polar surface area (TPSA) is 85.7 Å². The number of benzene rings is 1. The van der Waals surface area contributed by atoms with Crippen LogP contribution in [0.4, 0.5) is 10.6 Å². The van der Waals surface area contributed by atoms with Gasteiger partial charge in [-0.25, -0.2) is 9.48 Å². The number of rotatable bonds is 2. The maximum absolute atomic E-state index is 12.7. The van der Waals surface area contributed by atoms with E-state index in [2.05, 4.69) is 10.4 Å². The van der Waals surface area contributed by atoms with Gasteiger partial charge >= 0.3 is 6.03 Å². The van der Waals surface area contributed by atoms with Crippen LogP contribution in [0.3, 0.4) is 0 Å². The molecule has 0 saturated carbocycles. The summed E-state index contributed by atoms with van der Waals surface area (Å²) in [5, 5.41) is 6.77. The van der Waals surface area contributed by atoms with E-state index in [-0.39, 0.29) is 11.6 Å². The molecule has 0 spiro atoms. The minimum absolute atomic E-state index is 0.241. The number of hydrogen-bond donors (Lipinski definition) is 1. The first-order valence-electron chi connectivity index (χ1n) is 8.24. The first-order valence-corrected chi connectivity index (χ1v) is 8.24. The van der Waals surface area contributed by atoms with Crippen LogP contribution >= 0.6 is 0 Å². The number of urea groups is 1. The predicted octanol–water partition coefficient (Wildman–Crippen LogP) is 1.99. The molecule has 2 heterocycles. The molecular weight excluding hydrogens is 336 g/mol. The SMILES string of the molecule is COc1ccc2c(c1)OC(C)(C)CN(C(=O)Nc1ccc(=O)n(C)n1)C2. The third-order valence-electron chi connectivity index (χ3n) is 4.08. The Hall–Kier alpha value is -3.03. The first-order chi connectivity index (χ1) is 12.3. The number of ether oxygens (including phenoxy) is 2. The number of aromatic nitrogens is 2. The highest BCUT2D eigenvalue weighted by atomic mass is 16.5. The molecule has 2 aromatic rings. The zero-order valence-electron chi connectivity index (χ0n) is 15.3. The largest absolute Gasteiger partial charge is 0.497 e. The van der Waals surface area contributed by atoms with Crippen molar-refractivity contribution in [2.45, 2.75) is 26.0 Å². The molecule has 0 unspecified atom stereocenters. The van der Waals surface area contributed by atoms with Gasteiger partial charge in [-0.3, -0.25) is 10.1 Å². The van der Waals surface area contributed by atoms with Gasteiger partial charge in [-0.2, -0.15) is 5.10 Å². The fourth-order valence-corrected chi connectivity index (χ4v) is 2.84. The summed E-state index contributed by atoms with van der Waals surface area (Å²) in [4.78, 5) is 25.8. The maximum Gasteiger partial charge on any atom is 0.323 e. The minimum Gasteiger partial charge on any atom is -0.497 e. The summed E-state index contributed by atoms with van der Waals surface area (Å²) in [7, 11) is 3.13. The van der Waals surface area contributed by atoms with Gasteiger partial charge in [0.1, 0.15) is 17.1 Å². The number of amides is 2. The Balaban J connectivity index is 1.85. The number of nitrogens with zero attached hydrogens (tertiary/aromatic N) is 3. The minimum atomic E-state index is -0.577. The Morgan fingerprint density at radius 2 is 2.08 bits per heavy atom. The number of carbonyl (C=O) groups is 1. The first kappa shape index (κ1) is 17.8. The smallest absolute Gasteiger partial charge is 0.323 e. The Labute approximate surface area is 151 Å². The second kappa shape index (κ2) is 6.70. The lowest BCUT2D eigenvalue weighted by atomic mass is 10.1. The highest BCUT2D eigenvalue weighted by Gasteiger charge is 2.32. The normalized spacial score (nSPS) is 15.5. The summed E-state index contributed by atoms with van der Waals surface area (Å²) in [5.41, 5.74) is 0.0708. The molecular formula is C18H22N4O4. The second-order valence-corrected chi connectivity index (χ2v) is 6.80. The number of methoxy groups -OCH3 is 1. The third kappa shape index (κ3) is 3.79. The number of nitrogens with one attached hydrogen (secondary N) is 1. The van der Waals surface area contributed by atoms with Crippen molar-refractivity contribution >= 4 is 11.8 Å². The molecule has 0 saturated heterocycles. The third-order valence-corrected chi connectivity index (χ3v) is 4.08. The van der Waals surface area contributed by atoms with E-state index in [1.807, 2.05) is 32.0 Å². The van der Waals surface area contributed by atoms with Gasteiger partial charge in [-0.05, 0) is 32.0 Å². The molecule has 0 fully saturated rings. The van der Waals surface area contributed by atoms with Gasteiger partial charge < -0.3 is 14.4 Å². The van der Waals surface area contributed by atoms with Gasteiger partial charge in [0, 0.05) is 24.7 Å². The molecule has 2 amide bonds. The fraction of sp³-hybridized carbons (Fsp3) is 0.389. The molecule has 0 atom stereocenters. The Morgan fingerprint density at radius 1 is 1.31 bits per heavy atom. The molecule has 3 rings (SSSR count). The molecule has 1 aromatic carbocycles. The van der Waals surface area contributed by atoms with Crippen LogP contribution in [0, 0.1) is 0 Å². The van der Waals surface area contributed by atoms with Crippen molar-refractivity contribution < 1.29 is 14.3 Å². The molecule has 0 aliphatic carbocycles. The van der Waals surface area contributed by atoms with E-state index in [1.165, 1.54) is 23.9 Å². The van der Waals surface area contributed by atoms with Crippen LogP contribution < -0.4 is 20.3 Å². The van der Waals surface area contributed by atoms with Crippen LogP contribution in [0.15, 0.2) is 35.1 Å². The summed E-state index contributed by atoms with van der Waals surface area (Å²) < 4.78 is 12.5. The van der Waals surface area contributed by atoms with Crippen molar-refractivity contribution in [3.63, 3.8) is 0 Å². The van der Waals surface area contributed by atoms with Crippen molar-refractivity contribution in [1.82, 2.24) is 14.7 Å². The van der Waals surface area contributed by atoms with Crippen molar-refractivity contribution in [3.05, 3.63) is 46.2 Å². The molecule has 26 heavy (non-hydrogen) atoms. The lowest BCUT2D eigenvalue weighted by molar-refractivity contribution is 0.0832. The van der Waals surface area contributed by atoms with Crippen LogP contribution in [0.5, 0.6) is 11.5 Å². The number of carbonyl (C=O) groups excluding carboxylic acids is 1. The fourth-order valence-electron chi connectivity index (χ4n) is 2.84. The molecule has 8 heteroatoms. The second-order valence-electron chi connectivity index (χ2n) is 6.80. The Bertz CT molecular complexity index is 891. The van der Waals surface area contributed by atoms with E-state index in [9.17, 15) is 9.59 Å². The summed E-state index contributed by atoms with van der Waals surface area (Å²) in [6.45, 7) is 4.63. The van der Waals surface area contributed by atoms with Crippen LogP contribution in [0.25, 0.3) is 0 Å². The highest BCUT2D eigenvalue weighted by molar-refractivity contribution is 5.88. The van der Waals surface area contributed by atoms with E-state index in [1.54, 1.807) is 12.0 Å². The van der Waals surface area contributed by atoms with E-state index in [0.29, 0.717) is 30.4 Å². The standard InChI is InChI=1S/C18H22N4O4/c1-18(2)11-22(10-12-5-6-13(25-4)9-14(12)26-18)17(24)19-15-7-8-16(23)21(3)20-15/h5-9H,10-11H2,1-4H3,(H,19,20,24). The van der Waals surface area contributed by atoms with Crippen LogP contribution in [-0.4, -0.2) is 40.0 Å². The molecule has 8 nitrogen and oxygen atoms in total. The van der Waals surface area contributed by atoms with E-state index in [4.69, 9.17) is 9.47 Å². The van der Waals surface area contributed by atoms with Crippen molar-refractivity contribution in [1.29, 1.82) is 0 Å². The summed E-state index contributed by atoms with van der Waals surface area (Å²) >= 11 is 0. The van der Waals surface area contributed by atoms with Gasteiger partial charge in [0.15, 0.2) is 5.82 Å². The van der Waals surface area contributed by atoms with Gasteiger partial charge in [-0.1, -0.05) is 0 Å². The van der Waals surface area contributed by atoms with Gasteiger partial charge in [0.2, 0.25) is 0 Å². The predicted molar refractivity (Wildman–Crippen MR) is 96.6 cm³/mol. The summed E-state index contributed by atoms with van der Waals surface area (Å²) in [6, 6.07) is 8.09. The van der Waals surface area contributed by atoms with Crippen LogP contribution in [-0.2, 0) is 13.6 Å². The zero-order chi connectivity index (χ0) is 18.9. The number of aryl methyl sites for hydroxylation is 1. The molecule has 1 aliphatic heterocycles. The number of hydrogen-bond acceptors (Lipinski definition) is 5. The highest BCUT2D eigenvalue weighted by Crippen LogP contribution is 2.32. The van der Waals surface area contributed by atoms with E-state index < -0.39 is 5.60 Å². The molecule has 1 N–H and O–H groups in total. The molecule has 0 radical (unpaired) electrons. The van der Waals surface area contributed by atoms with Crippen LogP contribution in [0.1, 0.15) is 19.4 Å². The average Bonchev–Trinajstić information content (AvgIpc) is 2.72. The van der Waals surface area contributed by atoms with E-state index in [0.717, 1.165) is 5.56 Å². The average molecular weight is 358 g/mol. The summed E-state index contributed by atoms with van der Waals surface area (Å²) in [6.07, 6.45) is 0. The van der Waals surface area contributed by atoms with E-state index >= 15 is 0 Å². The molecule has 1 aliphatic rings. The maximum atomic E-state index is 12.7. The van der Waals surface area contributed by atoms with Gasteiger partial charge in [0.05, 0.1) is 20.2 Å². The van der Waals surface area contributed by atoms with Gasteiger partial charge in [0.25, 0.3) is 5.56 Å². The zero-order valence-corrected chi connectivity index (χ0v) is 15.3. The lowest BCUT2D eigenvalue weighted by Gasteiger charge is -2.29. The quantitative estimate of drug-likeness (QED) is 0.887. The van der Waals surface area contributed by atoms with Crippen molar-refractivity contribution in [3.8, 4) is 11.5 Å². The molecule has 138 valence electrons. The lowest BCUT2D eigenvalue weighted by Crippen LogP contribution is -2.45. The number of fused-ring (bicyclic) bond motifs is 1. The molecule has 1 aromatic heterocycles. The Morgan fingerprint density at radius 3 is 2.77 bits per heavy atom. The van der Waals surface area contributed by atoms with Crippen LogP contribution in [0.2, 0.25) is 0 Å². The van der Waals surface area contributed by atoms with Crippen molar-refractivity contribution in [2.75, 3.05) is 19.0 Å². The van der Waals surface area contributed by atoms with Gasteiger partial charge in [-0.15, -0.1) is 0 Å². The Kier molecular flexibility index (Phi) is 4.58. The summed E-state index contributed by atoms with van der Waals surface area (Å²) in [5.74, 6) is 1.71. The van der Waals surface area contributed by atoms with Crippen molar-refractivity contribution in [2.24, 2.45) is 7.05 Å². The number of anilines is 1. The molecule has 0 bridgehead atoms. The monoisotopic (exact) mass is 358 g/mol.